The van der Waals surface area contributed by atoms with Crippen LogP contribution in [0.1, 0.15) is 17.5 Å². The van der Waals surface area contributed by atoms with Gasteiger partial charge in [-0.2, -0.15) is 0 Å². The molecular formula is C26H26FN5O4S2. The number of hydrogen-bond donors (Lipinski definition) is 2. The number of nitrogens with one attached hydrogen (secondary N) is 1. The SMILES string of the molecule is CN1CCCc2cc(NCc3cc(-c4ccccc4F)n(S(=O)(=O)c4cccnc4)c3)c(S(N)(=O)=O)cc21. The van der Waals surface area contributed by atoms with Gasteiger partial charge in [0.1, 0.15) is 15.6 Å². The third kappa shape index (κ3) is 4.89. The molecule has 2 aromatic heterocycles. The Balaban J connectivity index is 1.57. The van der Waals surface area contributed by atoms with E-state index in [1.165, 1.54) is 48.9 Å². The predicted molar refractivity (Wildman–Crippen MR) is 143 cm³/mol. The first-order valence-electron chi connectivity index (χ1n) is 11.8. The number of halogens is 1. The molecule has 3 N–H and O–H groups in total. The summed E-state index contributed by atoms with van der Waals surface area (Å²) in [6, 6.07) is 13.7. The number of rotatable bonds is 7. The summed E-state index contributed by atoms with van der Waals surface area (Å²) in [5.74, 6) is -0.580. The van der Waals surface area contributed by atoms with Crippen molar-refractivity contribution in [1.29, 1.82) is 0 Å². The summed E-state index contributed by atoms with van der Waals surface area (Å²) in [6.07, 6.45) is 5.79. The minimum absolute atomic E-state index is 0.0528. The predicted octanol–water partition coefficient (Wildman–Crippen LogP) is 3.57. The van der Waals surface area contributed by atoms with Crippen molar-refractivity contribution in [2.24, 2.45) is 5.14 Å². The van der Waals surface area contributed by atoms with Crippen molar-refractivity contribution >= 4 is 31.4 Å². The molecule has 198 valence electrons. The first-order chi connectivity index (χ1) is 18.1. The van der Waals surface area contributed by atoms with Crippen molar-refractivity contribution < 1.29 is 21.2 Å². The molecule has 0 unspecified atom stereocenters. The Kier molecular flexibility index (Phi) is 6.72. The van der Waals surface area contributed by atoms with E-state index in [0.717, 1.165) is 34.6 Å². The highest BCUT2D eigenvalue weighted by Crippen LogP contribution is 2.35. The molecule has 0 saturated carbocycles. The topological polar surface area (TPSA) is 127 Å². The summed E-state index contributed by atoms with van der Waals surface area (Å²) in [7, 11) is -6.26. The molecular weight excluding hydrogens is 529 g/mol. The van der Waals surface area contributed by atoms with Crippen LogP contribution >= 0.6 is 0 Å². The number of nitrogens with two attached hydrogens (primary N) is 1. The lowest BCUT2D eigenvalue weighted by molar-refractivity contribution is 0.587. The molecule has 0 saturated heterocycles. The summed E-state index contributed by atoms with van der Waals surface area (Å²) in [6.45, 7) is 0.871. The minimum atomic E-state index is -4.11. The third-order valence-corrected chi connectivity index (χ3v) is 9.11. The molecule has 2 aromatic carbocycles. The Hall–Kier alpha value is -3.74. The van der Waals surface area contributed by atoms with Gasteiger partial charge in [-0.3, -0.25) is 4.98 Å². The number of aryl methyl sites for hydroxylation is 1. The van der Waals surface area contributed by atoms with E-state index >= 15 is 0 Å². The van der Waals surface area contributed by atoms with Crippen LogP contribution in [0.5, 0.6) is 0 Å². The van der Waals surface area contributed by atoms with E-state index < -0.39 is 25.9 Å². The molecule has 0 aliphatic carbocycles. The zero-order chi connectivity index (χ0) is 27.1. The molecule has 0 spiro atoms. The van der Waals surface area contributed by atoms with Crippen molar-refractivity contribution in [3.8, 4) is 11.3 Å². The number of primary sulfonamides is 1. The van der Waals surface area contributed by atoms with Gasteiger partial charge in [-0.25, -0.2) is 30.3 Å². The summed E-state index contributed by atoms with van der Waals surface area (Å²) in [4.78, 5) is 5.78. The number of anilines is 2. The van der Waals surface area contributed by atoms with Gasteiger partial charge in [0, 0.05) is 50.0 Å². The quantitative estimate of drug-likeness (QED) is 0.357. The number of sulfonamides is 1. The Morgan fingerprint density at radius 1 is 1.08 bits per heavy atom. The van der Waals surface area contributed by atoms with E-state index in [0.29, 0.717) is 11.3 Å². The molecule has 1 aliphatic rings. The van der Waals surface area contributed by atoms with Gasteiger partial charge in [0.05, 0.1) is 11.4 Å². The zero-order valence-electron chi connectivity index (χ0n) is 20.5. The van der Waals surface area contributed by atoms with Crippen LogP contribution in [0.3, 0.4) is 0 Å². The summed E-state index contributed by atoms with van der Waals surface area (Å²) in [5, 5.41) is 8.64. The van der Waals surface area contributed by atoms with Crippen LogP contribution < -0.4 is 15.4 Å². The molecule has 12 heteroatoms. The van der Waals surface area contributed by atoms with E-state index in [9.17, 15) is 21.2 Å². The summed E-state index contributed by atoms with van der Waals surface area (Å²) < 4.78 is 67.6. The lowest BCUT2D eigenvalue weighted by Crippen LogP contribution is -2.26. The second kappa shape index (κ2) is 9.86. The van der Waals surface area contributed by atoms with Gasteiger partial charge in [-0.05, 0) is 66.4 Å². The number of nitrogens with zero attached hydrogens (tertiary/aromatic N) is 3. The number of pyridine rings is 1. The molecule has 1 aliphatic heterocycles. The average molecular weight is 556 g/mol. The second-order valence-corrected chi connectivity index (χ2v) is 12.4. The maximum absolute atomic E-state index is 14.8. The van der Waals surface area contributed by atoms with Crippen molar-refractivity contribution in [2.75, 3.05) is 23.8 Å². The fraction of sp³-hybridized carbons (Fsp3) is 0.192. The lowest BCUT2D eigenvalue weighted by Gasteiger charge is -2.29. The molecule has 4 aromatic rings. The van der Waals surface area contributed by atoms with Gasteiger partial charge in [0.2, 0.25) is 10.0 Å². The van der Waals surface area contributed by atoms with Crippen LogP contribution in [-0.2, 0) is 33.0 Å². The normalized spacial score (nSPS) is 13.8. The molecule has 0 atom stereocenters. The second-order valence-electron chi connectivity index (χ2n) is 9.10. The van der Waals surface area contributed by atoms with E-state index in [1.807, 2.05) is 11.9 Å². The number of fused-ring (bicyclic) bond motifs is 1. The molecule has 0 radical (unpaired) electrons. The standard InChI is InChI=1S/C26H26FN5O4S2/c1-31-11-5-6-19-13-23(26(14-24(19)31)37(28,33)34)30-15-18-12-25(21-8-2-3-9-22(21)27)32(17-18)38(35,36)20-7-4-10-29-16-20/h2-4,7-10,12-14,16-17,30H,5-6,11,15H2,1H3,(H2,28,33,34). The fourth-order valence-corrected chi connectivity index (χ4v) is 6.71. The van der Waals surface area contributed by atoms with Crippen LogP contribution in [0.25, 0.3) is 11.3 Å². The van der Waals surface area contributed by atoms with Crippen LogP contribution in [0, 0.1) is 5.82 Å². The van der Waals surface area contributed by atoms with Crippen LogP contribution in [0.15, 0.2) is 83.0 Å². The molecule has 0 bridgehead atoms. The largest absolute Gasteiger partial charge is 0.380 e. The van der Waals surface area contributed by atoms with Crippen LogP contribution in [0.4, 0.5) is 15.8 Å². The zero-order valence-corrected chi connectivity index (χ0v) is 22.1. The van der Waals surface area contributed by atoms with Gasteiger partial charge in [0.15, 0.2) is 0 Å². The maximum Gasteiger partial charge on any atom is 0.269 e. The van der Waals surface area contributed by atoms with E-state index in [2.05, 4.69) is 10.3 Å². The number of benzene rings is 2. The van der Waals surface area contributed by atoms with Gasteiger partial charge in [-0.15, -0.1) is 0 Å². The minimum Gasteiger partial charge on any atom is -0.380 e. The molecule has 3 heterocycles. The van der Waals surface area contributed by atoms with Crippen LogP contribution in [-0.4, -0.2) is 39.4 Å². The highest BCUT2D eigenvalue weighted by molar-refractivity contribution is 7.90. The Morgan fingerprint density at radius 3 is 2.58 bits per heavy atom. The smallest absolute Gasteiger partial charge is 0.269 e. The number of aromatic nitrogens is 2. The highest BCUT2D eigenvalue weighted by Gasteiger charge is 2.25. The molecule has 38 heavy (non-hydrogen) atoms. The Bertz CT molecular complexity index is 1720. The molecule has 0 fully saturated rings. The van der Waals surface area contributed by atoms with Gasteiger partial charge < -0.3 is 10.2 Å². The maximum atomic E-state index is 14.8. The summed E-state index contributed by atoms with van der Waals surface area (Å²) >= 11 is 0. The van der Waals surface area contributed by atoms with E-state index in [-0.39, 0.29) is 27.6 Å². The van der Waals surface area contributed by atoms with Gasteiger partial charge >= 0.3 is 0 Å². The van der Waals surface area contributed by atoms with Crippen molar-refractivity contribution in [3.63, 3.8) is 0 Å². The van der Waals surface area contributed by atoms with Crippen molar-refractivity contribution in [2.45, 2.75) is 29.2 Å². The molecule has 9 nitrogen and oxygen atoms in total. The molecule has 0 amide bonds. The third-order valence-electron chi connectivity index (χ3n) is 6.50. The first kappa shape index (κ1) is 25.9. The summed E-state index contributed by atoms with van der Waals surface area (Å²) in [5.41, 5.74) is 2.83. The fourth-order valence-electron chi connectivity index (χ4n) is 4.64. The molecule has 5 rings (SSSR count). The van der Waals surface area contributed by atoms with Crippen molar-refractivity contribution in [3.05, 3.63) is 90.1 Å². The Labute approximate surface area is 220 Å². The van der Waals surface area contributed by atoms with Crippen molar-refractivity contribution in [1.82, 2.24) is 8.96 Å². The first-order valence-corrected chi connectivity index (χ1v) is 14.8. The average Bonchev–Trinajstić information content (AvgIpc) is 3.32. The van der Waals surface area contributed by atoms with Gasteiger partial charge in [-0.1, -0.05) is 12.1 Å². The van der Waals surface area contributed by atoms with E-state index in [1.54, 1.807) is 24.3 Å². The Morgan fingerprint density at radius 2 is 1.87 bits per heavy atom. The van der Waals surface area contributed by atoms with Gasteiger partial charge in [0.25, 0.3) is 10.0 Å². The van der Waals surface area contributed by atoms with E-state index in [4.69, 9.17) is 5.14 Å². The number of hydrogen-bond acceptors (Lipinski definition) is 7. The van der Waals surface area contributed by atoms with Crippen LogP contribution in [0.2, 0.25) is 0 Å². The lowest BCUT2D eigenvalue weighted by atomic mass is 10.0. The monoisotopic (exact) mass is 555 g/mol. The highest BCUT2D eigenvalue weighted by atomic mass is 32.2.